The van der Waals surface area contributed by atoms with Gasteiger partial charge in [0.2, 0.25) is 0 Å². The Morgan fingerprint density at radius 1 is 0.923 bits per heavy atom. The summed E-state index contributed by atoms with van der Waals surface area (Å²) in [5.74, 6) is -0.275. The van der Waals surface area contributed by atoms with E-state index in [0.717, 1.165) is 24.2 Å². The summed E-state index contributed by atoms with van der Waals surface area (Å²) in [5.41, 5.74) is 0.869. The van der Waals surface area contributed by atoms with Gasteiger partial charge in [-0.3, -0.25) is 4.79 Å². The standard InChI is InChI=1S/C19H17Cl4NO2/c20-14-3-1-12(9-16(14)22)11-26-18(25)19(5-7-24-8-6-19)13-2-4-15(21)17(23)10-13/h1-4,9-10,24H,5-8,11H2. The van der Waals surface area contributed by atoms with Crippen LogP contribution in [0.25, 0.3) is 0 Å². The average molecular weight is 433 g/mol. The fourth-order valence-corrected chi connectivity index (χ4v) is 3.79. The van der Waals surface area contributed by atoms with E-state index in [2.05, 4.69) is 5.32 Å². The molecule has 0 radical (unpaired) electrons. The molecule has 7 heteroatoms. The van der Waals surface area contributed by atoms with Crippen LogP contribution in [0.1, 0.15) is 24.0 Å². The van der Waals surface area contributed by atoms with Crippen LogP contribution < -0.4 is 5.32 Å². The molecule has 0 amide bonds. The summed E-state index contributed by atoms with van der Waals surface area (Å²) >= 11 is 24.2. The average Bonchev–Trinajstić information content (AvgIpc) is 2.65. The molecule has 0 aliphatic carbocycles. The topological polar surface area (TPSA) is 38.3 Å². The number of benzene rings is 2. The minimum atomic E-state index is -0.740. The number of rotatable bonds is 4. The molecule has 2 aromatic carbocycles. The zero-order valence-electron chi connectivity index (χ0n) is 13.8. The monoisotopic (exact) mass is 431 g/mol. The number of ether oxygens (including phenoxy) is 1. The van der Waals surface area contributed by atoms with E-state index in [4.69, 9.17) is 51.1 Å². The largest absolute Gasteiger partial charge is 0.460 e. The van der Waals surface area contributed by atoms with Gasteiger partial charge in [0.1, 0.15) is 6.61 Å². The predicted octanol–water partition coefficient (Wildman–Crippen LogP) is 5.66. The third kappa shape index (κ3) is 4.13. The van der Waals surface area contributed by atoms with E-state index in [1.165, 1.54) is 0 Å². The smallest absolute Gasteiger partial charge is 0.316 e. The molecule has 0 aromatic heterocycles. The summed E-state index contributed by atoms with van der Waals surface area (Å²) in [6.45, 7) is 1.58. The Morgan fingerprint density at radius 3 is 2.15 bits per heavy atom. The van der Waals surface area contributed by atoms with E-state index in [0.29, 0.717) is 32.9 Å². The molecule has 1 aliphatic heterocycles. The van der Waals surface area contributed by atoms with Crippen LogP contribution in [0, 0.1) is 0 Å². The van der Waals surface area contributed by atoms with Crippen molar-refractivity contribution in [3.63, 3.8) is 0 Å². The Labute approximate surface area is 172 Å². The van der Waals surface area contributed by atoms with Crippen molar-refractivity contribution in [3.8, 4) is 0 Å². The molecular weight excluding hydrogens is 416 g/mol. The minimum absolute atomic E-state index is 0.131. The number of hydrogen-bond donors (Lipinski definition) is 1. The number of carbonyl (C=O) groups is 1. The molecule has 1 saturated heterocycles. The molecule has 0 unspecified atom stereocenters. The maximum atomic E-state index is 13.1. The van der Waals surface area contributed by atoms with Crippen molar-refractivity contribution in [3.05, 3.63) is 67.6 Å². The number of esters is 1. The Hall–Kier alpha value is -0.970. The maximum Gasteiger partial charge on any atom is 0.316 e. The van der Waals surface area contributed by atoms with Crippen molar-refractivity contribution < 1.29 is 9.53 Å². The van der Waals surface area contributed by atoms with Gasteiger partial charge in [0.25, 0.3) is 0 Å². The lowest BCUT2D eigenvalue weighted by molar-refractivity contribution is -0.153. The van der Waals surface area contributed by atoms with Crippen LogP contribution in [0.4, 0.5) is 0 Å². The number of piperidine rings is 1. The fourth-order valence-electron chi connectivity index (χ4n) is 3.17. The lowest BCUT2D eigenvalue weighted by Gasteiger charge is -2.36. The van der Waals surface area contributed by atoms with Crippen molar-refractivity contribution in [2.45, 2.75) is 24.9 Å². The van der Waals surface area contributed by atoms with E-state index in [1.807, 2.05) is 6.07 Å². The first-order valence-corrected chi connectivity index (χ1v) is 9.71. The fraction of sp³-hybridized carbons (Fsp3) is 0.316. The van der Waals surface area contributed by atoms with E-state index in [-0.39, 0.29) is 12.6 Å². The molecule has 3 rings (SSSR count). The molecule has 1 fully saturated rings. The van der Waals surface area contributed by atoms with Gasteiger partial charge in [0, 0.05) is 0 Å². The molecule has 0 bridgehead atoms. The quantitative estimate of drug-likeness (QED) is 0.633. The SMILES string of the molecule is O=C(OCc1ccc(Cl)c(Cl)c1)C1(c2ccc(Cl)c(Cl)c2)CCNCC1. The van der Waals surface area contributed by atoms with Gasteiger partial charge in [-0.05, 0) is 61.3 Å². The van der Waals surface area contributed by atoms with Crippen molar-refractivity contribution in [2.24, 2.45) is 0 Å². The van der Waals surface area contributed by atoms with Crippen molar-refractivity contribution in [2.75, 3.05) is 13.1 Å². The zero-order valence-corrected chi connectivity index (χ0v) is 16.9. The van der Waals surface area contributed by atoms with E-state index >= 15 is 0 Å². The Bertz CT molecular complexity index is 819. The number of halogens is 4. The molecule has 0 saturated carbocycles. The third-order valence-electron chi connectivity index (χ3n) is 4.67. The van der Waals surface area contributed by atoms with Gasteiger partial charge in [0.15, 0.2) is 0 Å². The van der Waals surface area contributed by atoms with Gasteiger partial charge >= 0.3 is 5.97 Å². The van der Waals surface area contributed by atoms with Crippen molar-refractivity contribution in [1.82, 2.24) is 5.32 Å². The molecule has 3 nitrogen and oxygen atoms in total. The van der Waals surface area contributed by atoms with Gasteiger partial charge in [-0.15, -0.1) is 0 Å². The number of hydrogen-bond acceptors (Lipinski definition) is 3. The summed E-state index contributed by atoms with van der Waals surface area (Å²) in [6.07, 6.45) is 1.26. The van der Waals surface area contributed by atoms with Gasteiger partial charge in [0.05, 0.1) is 25.5 Å². The molecule has 2 aromatic rings. The lowest BCUT2D eigenvalue weighted by atomic mass is 9.73. The van der Waals surface area contributed by atoms with Crippen LogP contribution in [-0.2, 0) is 21.6 Å². The maximum absolute atomic E-state index is 13.1. The second kappa shape index (κ2) is 8.37. The van der Waals surface area contributed by atoms with Gasteiger partial charge in [-0.25, -0.2) is 0 Å². The highest BCUT2D eigenvalue weighted by Crippen LogP contribution is 2.38. The second-order valence-electron chi connectivity index (χ2n) is 6.29. The molecule has 138 valence electrons. The van der Waals surface area contributed by atoms with Gasteiger partial charge < -0.3 is 10.1 Å². The van der Waals surface area contributed by atoms with Crippen LogP contribution in [-0.4, -0.2) is 19.1 Å². The number of carbonyl (C=O) groups excluding carboxylic acids is 1. The third-order valence-corrected chi connectivity index (χ3v) is 6.15. The highest BCUT2D eigenvalue weighted by molar-refractivity contribution is 6.42. The van der Waals surface area contributed by atoms with E-state index < -0.39 is 5.41 Å². The Balaban J connectivity index is 1.83. The minimum Gasteiger partial charge on any atom is -0.460 e. The van der Waals surface area contributed by atoms with Crippen LogP contribution in [0.2, 0.25) is 20.1 Å². The summed E-state index contributed by atoms with van der Waals surface area (Å²) in [4.78, 5) is 13.1. The Morgan fingerprint density at radius 2 is 1.54 bits per heavy atom. The summed E-state index contributed by atoms with van der Waals surface area (Å²) in [5, 5.41) is 5.07. The van der Waals surface area contributed by atoms with Crippen molar-refractivity contribution >= 4 is 52.4 Å². The predicted molar refractivity (Wildman–Crippen MR) is 107 cm³/mol. The number of nitrogens with one attached hydrogen (secondary N) is 1. The summed E-state index contributed by atoms with van der Waals surface area (Å²) in [6, 6.07) is 10.5. The van der Waals surface area contributed by atoms with Crippen LogP contribution in [0.15, 0.2) is 36.4 Å². The van der Waals surface area contributed by atoms with Crippen LogP contribution in [0.3, 0.4) is 0 Å². The highest BCUT2D eigenvalue weighted by atomic mass is 35.5. The second-order valence-corrected chi connectivity index (χ2v) is 7.91. The molecule has 0 spiro atoms. The zero-order chi connectivity index (χ0) is 18.7. The van der Waals surface area contributed by atoms with Crippen molar-refractivity contribution in [1.29, 1.82) is 0 Å². The van der Waals surface area contributed by atoms with E-state index in [9.17, 15) is 4.79 Å². The Kier molecular flexibility index (Phi) is 6.37. The first-order chi connectivity index (χ1) is 12.4. The van der Waals surface area contributed by atoms with Crippen LogP contribution >= 0.6 is 46.4 Å². The summed E-state index contributed by atoms with van der Waals surface area (Å²) < 4.78 is 5.65. The molecule has 1 heterocycles. The normalized spacial score (nSPS) is 16.3. The van der Waals surface area contributed by atoms with E-state index in [1.54, 1.807) is 30.3 Å². The molecule has 26 heavy (non-hydrogen) atoms. The molecule has 0 atom stereocenters. The van der Waals surface area contributed by atoms with Gasteiger partial charge in [-0.2, -0.15) is 0 Å². The van der Waals surface area contributed by atoms with Crippen LogP contribution in [0.5, 0.6) is 0 Å². The highest BCUT2D eigenvalue weighted by Gasteiger charge is 2.43. The molecule has 1 N–H and O–H groups in total. The first kappa shape index (κ1) is 19.8. The molecular formula is C19H17Cl4NO2. The first-order valence-electron chi connectivity index (χ1n) is 8.20. The van der Waals surface area contributed by atoms with Gasteiger partial charge in [-0.1, -0.05) is 58.5 Å². The lowest BCUT2D eigenvalue weighted by Crippen LogP contribution is -2.46. The molecule has 1 aliphatic rings. The summed E-state index contributed by atoms with van der Waals surface area (Å²) in [7, 11) is 0.